The molecule has 0 aliphatic carbocycles. The summed E-state index contributed by atoms with van der Waals surface area (Å²) in [6.07, 6.45) is 0. The molecular weight excluding hydrogens is 267 g/mol. The van der Waals surface area contributed by atoms with E-state index in [9.17, 15) is 9.36 Å². The first-order chi connectivity index (χ1) is 8.00. The minimum atomic E-state index is -3.30. The Hall–Kier alpha value is -0.290. The van der Waals surface area contributed by atoms with Crippen LogP contribution in [0.3, 0.4) is 0 Å². The van der Waals surface area contributed by atoms with Crippen molar-refractivity contribution < 1.29 is 18.4 Å². The van der Waals surface area contributed by atoms with E-state index in [-0.39, 0.29) is 13.2 Å². The first-order valence-electron chi connectivity index (χ1n) is 5.49. The lowest BCUT2D eigenvalue weighted by molar-refractivity contribution is 0.205. The molecule has 0 bridgehead atoms. The lowest BCUT2D eigenvalue weighted by Crippen LogP contribution is -2.41. The van der Waals surface area contributed by atoms with E-state index in [4.69, 9.17) is 20.6 Å². The third-order valence-electron chi connectivity index (χ3n) is 1.81. The zero-order valence-corrected chi connectivity index (χ0v) is 12.0. The summed E-state index contributed by atoms with van der Waals surface area (Å²) in [6.45, 7) is 5.86. The van der Waals surface area contributed by atoms with Crippen LogP contribution in [-0.4, -0.2) is 37.5 Å². The second-order valence-corrected chi connectivity index (χ2v) is 5.89. The number of nitrogens with one attached hydrogen (secondary N) is 2. The van der Waals surface area contributed by atoms with Gasteiger partial charge in [-0.2, -0.15) is 0 Å². The van der Waals surface area contributed by atoms with Gasteiger partial charge in [0.25, 0.3) is 0 Å². The molecule has 102 valence electrons. The molecule has 1 atom stereocenters. The van der Waals surface area contributed by atoms with Gasteiger partial charge in [-0.3, -0.25) is 4.57 Å². The van der Waals surface area contributed by atoms with Crippen molar-refractivity contribution in [1.29, 1.82) is 0 Å². The second kappa shape index (κ2) is 8.75. The summed E-state index contributed by atoms with van der Waals surface area (Å²) >= 11 is 5.42. The lowest BCUT2D eigenvalue weighted by atomic mass is 10.7. The molecule has 0 aliphatic rings. The Balaban J connectivity index is 4.36. The van der Waals surface area contributed by atoms with E-state index in [0.717, 1.165) is 0 Å². The topological polar surface area (TPSA) is 76.7 Å². The third kappa shape index (κ3) is 6.27. The monoisotopic (exact) mass is 286 g/mol. The molecular formula is C9H20ClN2O4P. The molecule has 0 heterocycles. The van der Waals surface area contributed by atoms with Crippen LogP contribution in [0.4, 0.5) is 4.79 Å². The average Bonchev–Trinajstić information content (AvgIpc) is 2.27. The van der Waals surface area contributed by atoms with Crippen LogP contribution in [0.25, 0.3) is 0 Å². The minimum absolute atomic E-state index is 0.257. The van der Waals surface area contributed by atoms with E-state index in [0.29, 0.717) is 12.4 Å². The van der Waals surface area contributed by atoms with Gasteiger partial charge < -0.3 is 19.7 Å². The van der Waals surface area contributed by atoms with Crippen LogP contribution in [-0.2, 0) is 13.6 Å². The van der Waals surface area contributed by atoms with Crippen LogP contribution >= 0.6 is 19.2 Å². The number of rotatable bonds is 8. The molecule has 2 N–H and O–H groups in total. The molecule has 0 aromatic heterocycles. The van der Waals surface area contributed by atoms with Gasteiger partial charge >= 0.3 is 13.6 Å². The number of carbonyl (C=O) groups excluding carboxylic acids is 1. The molecule has 0 aromatic rings. The van der Waals surface area contributed by atoms with Gasteiger partial charge in [0.05, 0.1) is 13.2 Å². The van der Waals surface area contributed by atoms with Crippen LogP contribution in [0, 0.1) is 0 Å². The molecule has 0 saturated carbocycles. The summed E-state index contributed by atoms with van der Waals surface area (Å²) in [5.41, 5.74) is 0. The van der Waals surface area contributed by atoms with Gasteiger partial charge in [-0.05, 0) is 20.8 Å². The van der Waals surface area contributed by atoms with Crippen molar-refractivity contribution >= 4 is 25.2 Å². The maximum absolute atomic E-state index is 12.2. The predicted molar refractivity (Wildman–Crippen MR) is 67.6 cm³/mol. The summed E-state index contributed by atoms with van der Waals surface area (Å²) in [5, 5.41) is 5.01. The Labute approximate surface area is 107 Å². The Kier molecular flexibility index (Phi) is 8.60. The smallest absolute Gasteiger partial charge is 0.337 e. The van der Waals surface area contributed by atoms with Gasteiger partial charge in [0.1, 0.15) is 5.78 Å². The van der Waals surface area contributed by atoms with Gasteiger partial charge in [0.15, 0.2) is 0 Å². The molecule has 0 fully saturated rings. The van der Waals surface area contributed by atoms with Gasteiger partial charge in [0, 0.05) is 12.4 Å². The first-order valence-corrected chi connectivity index (χ1v) is 7.63. The molecule has 1 unspecified atom stereocenters. The van der Waals surface area contributed by atoms with Gasteiger partial charge in [-0.15, -0.1) is 11.6 Å². The number of alkyl halides is 1. The molecule has 0 rings (SSSR count). The van der Waals surface area contributed by atoms with Crippen molar-refractivity contribution in [3.8, 4) is 0 Å². The fourth-order valence-corrected chi connectivity index (χ4v) is 2.71. The maximum Gasteiger partial charge on any atom is 0.352 e. The summed E-state index contributed by atoms with van der Waals surface area (Å²) in [7, 11) is -3.30. The SMILES string of the molecule is CCOP(=O)(OCC)C(C)NC(=O)NCCCl. The van der Waals surface area contributed by atoms with E-state index < -0.39 is 19.4 Å². The van der Waals surface area contributed by atoms with Gasteiger partial charge in [-0.25, -0.2) is 4.79 Å². The van der Waals surface area contributed by atoms with E-state index in [1.807, 2.05) is 0 Å². The van der Waals surface area contributed by atoms with Crippen LogP contribution in [0.5, 0.6) is 0 Å². The van der Waals surface area contributed by atoms with E-state index in [2.05, 4.69) is 10.6 Å². The fraction of sp³-hybridized carbons (Fsp3) is 0.889. The van der Waals surface area contributed by atoms with Crippen LogP contribution in [0.15, 0.2) is 0 Å². The van der Waals surface area contributed by atoms with E-state index in [1.165, 1.54) is 0 Å². The van der Waals surface area contributed by atoms with Crippen LogP contribution in [0.1, 0.15) is 20.8 Å². The van der Waals surface area contributed by atoms with Crippen molar-refractivity contribution in [2.24, 2.45) is 0 Å². The van der Waals surface area contributed by atoms with Crippen molar-refractivity contribution in [3.63, 3.8) is 0 Å². The summed E-state index contributed by atoms with van der Waals surface area (Å²) in [6, 6.07) is -0.446. The standard InChI is InChI=1S/C9H20ClN2O4P/c1-4-15-17(14,16-5-2)8(3)12-9(13)11-7-6-10/h8H,4-7H2,1-3H3,(H2,11,12,13). The minimum Gasteiger partial charge on any atom is -0.337 e. The summed E-state index contributed by atoms with van der Waals surface area (Å²) in [4.78, 5) is 11.4. The maximum atomic E-state index is 12.2. The number of carbonyl (C=O) groups is 1. The average molecular weight is 287 g/mol. The number of hydrogen-bond donors (Lipinski definition) is 2. The van der Waals surface area contributed by atoms with E-state index >= 15 is 0 Å². The number of halogens is 1. The van der Waals surface area contributed by atoms with Crippen molar-refractivity contribution in [2.45, 2.75) is 26.6 Å². The zero-order chi connectivity index (χ0) is 13.3. The number of urea groups is 1. The third-order valence-corrected chi connectivity index (χ3v) is 4.32. The molecule has 0 radical (unpaired) electrons. The molecule has 17 heavy (non-hydrogen) atoms. The number of hydrogen-bond acceptors (Lipinski definition) is 4. The van der Waals surface area contributed by atoms with Crippen LogP contribution in [0.2, 0.25) is 0 Å². The highest BCUT2D eigenvalue weighted by Gasteiger charge is 2.32. The molecule has 6 nitrogen and oxygen atoms in total. The quantitative estimate of drug-likeness (QED) is 0.529. The Morgan fingerprint density at radius 2 is 1.88 bits per heavy atom. The normalized spacial score (nSPS) is 13.2. The highest BCUT2D eigenvalue weighted by molar-refractivity contribution is 7.54. The molecule has 0 aliphatic heterocycles. The van der Waals surface area contributed by atoms with Crippen molar-refractivity contribution in [2.75, 3.05) is 25.6 Å². The Bertz CT molecular complexity index is 268. The van der Waals surface area contributed by atoms with Gasteiger partial charge in [-0.1, -0.05) is 0 Å². The second-order valence-electron chi connectivity index (χ2n) is 3.14. The Morgan fingerprint density at radius 1 is 1.35 bits per heavy atom. The molecule has 0 spiro atoms. The molecule has 0 aromatic carbocycles. The lowest BCUT2D eigenvalue weighted by Gasteiger charge is -2.24. The zero-order valence-electron chi connectivity index (χ0n) is 10.4. The van der Waals surface area contributed by atoms with Crippen molar-refractivity contribution in [1.82, 2.24) is 10.6 Å². The van der Waals surface area contributed by atoms with Gasteiger partial charge in [0.2, 0.25) is 0 Å². The summed E-state index contributed by atoms with van der Waals surface area (Å²) in [5.74, 6) is -0.395. The molecule has 0 saturated heterocycles. The number of amides is 2. The molecule has 2 amide bonds. The fourth-order valence-electron chi connectivity index (χ4n) is 1.10. The largest absolute Gasteiger partial charge is 0.352 e. The van der Waals surface area contributed by atoms with Crippen molar-refractivity contribution in [3.05, 3.63) is 0 Å². The van der Waals surface area contributed by atoms with E-state index in [1.54, 1.807) is 20.8 Å². The highest BCUT2D eigenvalue weighted by Crippen LogP contribution is 2.51. The highest BCUT2D eigenvalue weighted by atomic mass is 35.5. The molecule has 8 heteroatoms. The van der Waals surface area contributed by atoms with Crippen LogP contribution < -0.4 is 10.6 Å². The first kappa shape index (κ1) is 16.7. The Morgan fingerprint density at radius 3 is 2.29 bits per heavy atom. The summed E-state index contributed by atoms with van der Waals surface area (Å²) < 4.78 is 22.4. The predicted octanol–water partition coefficient (Wildman–Crippen LogP) is 2.14.